The molecule has 0 aliphatic carbocycles. The van der Waals surface area contributed by atoms with Crippen molar-refractivity contribution in [2.75, 3.05) is 4.90 Å². The Morgan fingerprint density at radius 1 is 0.492 bits per heavy atom. The van der Waals surface area contributed by atoms with Crippen LogP contribution in [-0.4, -0.2) is 36.2 Å². The predicted molar refractivity (Wildman–Crippen MR) is 238 cm³/mol. The number of benzene rings is 6. The molecule has 0 unspecified atom stereocenters. The summed E-state index contributed by atoms with van der Waals surface area (Å²) < 4.78 is 2.23. The van der Waals surface area contributed by atoms with E-state index in [1.165, 1.54) is 5.56 Å². The van der Waals surface area contributed by atoms with Gasteiger partial charge in [0.15, 0.2) is 11.6 Å². The first-order chi connectivity index (χ1) is 29.2. The molecular formula is C51H34N8. The van der Waals surface area contributed by atoms with Crippen LogP contribution in [0.2, 0.25) is 0 Å². The quantitative estimate of drug-likeness (QED) is 0.150. The van der Waals surface area contributed by atoms with E-state index in [1.54, 1.807) is 0 Å². The summed E-state index contributed by atoms with van der Waals surface area (Å²) in [6.45, 7) is 4.53. The molecule has 11 rings (SSSR count). The third-order valence-electron chi connectivity index (χ3n) is 11.1. The fraction of sp³-hybridized carbons (Fsp3) is 0.0196. The summed E-state index contributed by atoms with van der Waals surface area (Å²) in [6, 6.07) is 58.2. The van der Waals surface area contributed by atoms with E-state index in [0.29, 0.717) is 24.1 Å². The number of rotatable bonds is 7. The summed E-state index contributed by atoms with van der Waals surface area (Å²) in [5.74, 6) is 1.68. The molecule has 59 heavy (non-hydrogen) atoms. The first-order valence-corrected chi connectivity index (χ1v) is 19.5. The zero-order chi connectivity index (χ0) is 39.3. The van der Waals surface area contributed by atoms with Gasteiger partial charge in [-0.3, -0.25) is 19.5 Å². The summed E-state index contributed by atoms with van der Waals surface area (Å²) in [7, 11) is 0. The van der Waals surface area contributed by atoms with Crippen LogP contribution in [0.3, 0.4) is 0 Å². The van der Waals surface area contributed by atoms with E-state index >= 15 is 0 Å². The fourth-order valence-electron chi connectivity index (χ4n) is 8.33. The van der Waals surface area contributed by atoms with Crippen LogP contribution in [0.5, 0.6) is 0 Å². The molecule has 0 atom stereocenters. The van der Waals surface area contributed by atoms with Crippen molar-refractivity contribution < 1.29 is 0 Å². The number of para-hydroxylation sites is 4. The molecule has 8 nitrogen and oxygen atoms in total. The fourth-order valence-corrected chi connectivity index (χ4v) is 8.33. The van der Waals surface area contributed by atoms with E-state index < -0.39 is 0 Å². The van der Waals surface area contributed by atoms with Gasteiger partial charge in [0, 0.05) is 68.8 Å². The summed E-state index contributed by atoms with van der Waals surface area (Å²) in [5, 5.41) is 2.24. The highest BCUT2D eigenvalue weighted by Gasteiger charge is 2.29. The van der Waals surface area contributed by atoms with Gasteiger partial charge in [0.2, 0.25) is 5.95 Å². The first kappa shape index (κ1) is 34.2. The zero-order valence-electron chi connectivity index (χ0n) is 31.8. The van der Waals surface area contributed by atoms with Gasteiger partial charge in [-0.1, -0.05) is 121 Å². The second-order valence-corrected chi connectivity index (χ2v) is 14.5. The van der Waals surface area contributed by atoms with Crippen LogP contribution < -0.4 is 4.90 Å². The second-order valence-electron chi connectivity index (χ2n) is 14.5. The van der Waals surface area contributed by atoms with Gasteiger partial charge in [-0.05, 0) is 60.8 Å². The van der Waals surface area contributed by atoms with Crippen molar-refractivity contribution in [3.8, 4) is 62.4 Å². The minimum atomic E-state index is 0.535. The number of anilines is 2. The van der Waals surface area contributed by atoms with Crippen molar-refractivity contribution in [2.45, 2.75) is 6.54 Å². The molecule has 0 N–H and O–H groups in total. The van der Waals surface area contributed by atoms with Crippen molar-refractivity contribution in [1.29, 1.82) is 0 Å². The molecule has 4 aromatic heterocycles. The molecule has 0 bridgehead atoms. The maximum absolute atomic E-state index is 5.31. The molecule has 0 saturated carbocycles. The van der Waals surface area contributed by atoms with Crippen molar-refractivity contribution in [2.24, 2.45) is 4.99 Å². The van der Waals surface area contributed by atoms with Crippen LogP contribution in [0.1, 0.15) is 5.56 Å². The average molecular weight is 759 g/mol. The molecule has 1 aliphatic heterocycles. The topological polar surface area (TPSA) is 85.0 Å². The van der Waals surface area contributed by atoms with Gasteiger partial charge in [0.25, 0.3) is 0 Å². The first-order valence-electron chi connectivity index (χ1n) is 19.5. The van der Waals surface area contributed by atoms with Gasteiger partial charge in [-0.15, -0.1) is 0 Å². The van der Waals surface area contributed by atoms with Crippen molar-refractivity contribution in [1.82, 2.24) is 29.5 Å². The molecular weight excluding hydrogens is 725 g/mol. The molecule has 0 spiro atoms. The van der Waals surface area contributed by atoms with Gasteiger partial charge in [-0.2, -0.15) is 9.97 Å². The number of aliphatic imine (C=N–C) groups is 1. The van der Waals surface area contributed by atoms with Crippen LogP contribution in [0.25, 0.3) is 84.2 Å². The number of hydrogen-bond donors (Lipinski definition) is 0. The number of pyridine rings is 2. The van der Waals surface area contributed by atoms with Crippen molar-refractivity contribution in [3.63, 3.8) is 0 Å². The Balaban J connectivity index is 1.14. The minimum Gasteiger partial charge on any atom is -0.335 e. The Bertz CT molecular complexity index is 3090. The Kier molecular flexibility index (Phi) is 8.18. The number of nitrogens with zero attached hydrogens (tertiary/aromatic N) is 8. The Hall–Kier alpha value is -8.10. The largest absolute Gasteiger partial charge is 0.335 e. The average Bonchev–Trinajstić information content (AvgIpc) is 3.66. The Morgan fingerprint density at radius 3 is 1.71 bits per heavy atom. The van der Waals surface area contributed by atoms with Crippen LogP contribution in [-0.2, 0) is 6.54 Å². The zero-order valence-corrected chi connectivity index (χ0v) is 31.8. The number of hydrogen-bond acceptors (Lipinski definition) is 7. The second kappa shape index (κ2) is 14.1. The van der Waals surface area contributed by atoms with Gasteiger partial charge in [-0.25, -0.2) is 4.98 Å². The molecule has 0 amide bonds. The van der Waals surface area contributed by atoms with Crippen LogP contribution in [0.15, 0.2) is 187 Å². The SMILES string of the molecule is C=Nc1ccccc1N1Cc2ccc3c4ccccc4n(-c4nc(-c5ccc(-c6ccccn6)cc5)nc(-c5ccc(-c6ccccn6)cc5)n4)c3c2-c2ccccc21. The molecule has 10 aromatic rings. The Labute approximate surface area is 340 Å². The number of fused-ring (bicyclic) bond motifs is 7. The lowest BCUT2D eigenvalue weighted by Crippen LogP contribution is -2.22. The summed E-state index contributed by atoms with van der Waals surface area (Å²) in [5.41, 5.74) is 14.0. The summed E-state index contributed by atoms with van der Waals surface area (Å²) >= 11 is 0. The van der Waals surface area contributed by atoms with Crippen LogP contribution in [0, 0.1) is 0 Å². The molecule has 6 aromatic carbocycles. The lowest BCUT2D eigenvalue weighted by atomic mass is 9.90. The van der Waals surface area contributed by atoms with E-state index in [9.17, 15) is 0 Å². The van der Waals surface area contributed by atoms with Crippen LogP contribution in [0.4, 0.5) is 17.1 Å². The summed E-state index contributed by atoms with van der Waals surface area (Å²) in [6.07, 6.45) is 3.62. The third-order valence-corrected chi connectivity index (χ3v) is 11.1. The lowest BCUT2D eigenvalue weighted by Gasteiger charge is -2.34. The standard InChI is InChI=1S/C51H34N8/c1-52-43-16-4-7-19-46(43)58-32-37-28-29-39-38-12-2-6-18-45(38)59(48(39)47(37)40-13-3-5-17-44(40)58)51-56-49(35-24-20-33(21-25-35)41-14-8-10-30-53-41)55-50(57-51)36-26-22-34(23-27-36)42-15-9-11-31-54-42/h2-31H,1,32H2. The minimum absolute atomic E-state index is 0.535. The molecule has 8 heteroatoms. The molecule has 278 valence electrons. The lowest BCUT2D eigenvalue weighted by molar-refractivity contribution is 0.943. The van der Waals surface area contributed by atoms with Gasteiger partial charge < -0.3 is 4.90 Å². The molecule has 0 fully saturated rings. The number of aromatic nitrogens is 6. The van der Waals surface area contributed by atoms with Gasteiger partial charge in [0.1, 0.15) is 0 Å². The molecule has 5 heterocycles. The van der Waals surface area contributed by atoms with Crippen LogP contribution >= 0.6 is 0 Å². The maximum atomic E-state index is 5.31. The highest BCUT2D eigenvalue weighted by Crippen LogP contribution is 2.49. The van der Waals surface area contributed by atoms with E-state index in [-0.39, 0.29) is 0 Å². The smallest absolute Gasteiger partial charge is 0.238 e. The van der Waals surface area contributed by atoms with E-state index in [4.69, 9.17) is 15.0 Å². The monoisotopic (exact) mass is 758 g/mol. The predicted octanol–water partition coefficient (Wildman–Crippen LogP) is 12.1. The van der Waals surface area contributed by atoms with E-state index in [2.05, 4.69) is 152 Å². The summed E-state index contributed by atoms with van der Waals surface area (Å²) in [4.78, 5) is 31.6. The van der Waals surface area contributed by atoms with Crippen molar-refractivity contribution >= 4 is 45.6 Å². The highest BCUT2D eigenvalue weighted by atomic mass is 15.2. The van der Waals surface area contributed by atoms with Gasteiger partial charge in [0.05, 0.1) is 33.8 Å². The van der Waals surface area contributed by atoms with E-state index in [0.717, 1.165) is 83.6 Å². The Morgan fingerprint density at radius 2 is 1.07 bits per heavy atom. The van der Waals surface area contributed by atoms with Gasteiger partial charge >= 0.3 is 0 Å². The molecule has 0 saturated heterocycles. The maximum Gasteiger partial charge on any atom is 0.238 e. The highest BCUT2D eigenvalue weighted by molar-refractivity contribution is 6.15. The van der Waals surface area contributed by atoms with E-state index in [1.807, 2.05) is 60.9 Å². The van der Waals surface area contributed by atoms with Crippen molar-refractivity contribution in [3.05, 3.63) is 188 Å². The molecule has 0 radical (unpaired) electrons. The normalized spacial score (nSPS) is 12.0. The third kappa shape index (κ3) is 5.85. The molecule has 1 aliphatic rings.